The number of nitrogens with zero attached hydrogens (tertiary/aromatic N) is 4. The van der Waals surface area contributed by atoms with Crippen molar-refractivity contribution in [3.05, 3.63) is 59.8 Å². The third-order valence-electron chi connectivity index (χ3n) is 8.78. The maximum absolute atomic E-state index is 13.3. The highest BCUT2D eigenvalue weighted by Crippen LogP contribution is 2.65. The van der Waals surface area contributed by atoms with Gasteiger partial charge in [0.25, 0.3) is 0 Å². The largest absolute Gasteiger partial charge is 0.497 e. The van der Waals surface area contributed by atoms with Gasteiger partial charge in [-0.2, -0.15) is 9.40 Å². The van der Waals surface area contributed by atoms with Gasteiger partial charge in [0.1, 0.15) is 10.6 Å². The van der Waals surface area contributed by atoms with Gasteiger partial charge in [-0.15, -0.1) is 0 Å². The monoisotopic (exact) mass is 603 g/mol. The molecule has 4 aromatic rings. The Bertz CT molecular complexity index is 1850. The van der Waals surface area contributed by atoms with Gasteiger partial charge in [0, 0.05) is 55.4 Å². The predicted octanol–water partition coefficient (Wildman–Crippen LogP) is 3.42. The molecule has 2 fully saturated rings. The molecule has 1 spiro atoms. The molecule has 0 unspecified atom stereocenters. The fourth-order valence-corrected chi connectivity index (χ4v) is 7.65. The van der Waals surface area contributed by atoms with Crippen molar-refractivity contribution in [1.82, 2.24) is 24.4 Å². The Hall–Kier alpha value is -4.20. The van der Waals surface area contributed by atoms with E-state index >= 15 is 0 Å². The lowest BCUT2D eigenvalue weighted by molar-refractivity contribution is -0.118. The van der Waals surface area contributed by atoms with Gasteiger partial charge in [0.05, 0.1) is 24.6 Å². The first-order chi connectivity index (χ1) is 20.7. The first-order valence-corrected chi connectivity index (χ1v) is 15.7. The number of rotatable bonds is 8. The maximum Gasteiger partial charge on any atom is 0.244 e. The fraction of sp³-hybridized carbons (Fsp3) is 0.367. The number of benzene rings is 2. The van der Waals surface area contributed by atoms with Gasteiger partial charge in [-0.05, 0) is 61.9 Å². The van der Waals surface area contributed by atoms with Crippen molar-refractivity contribution in [2.45, 2.75) is 29.6 Å². The summed E-state index contributed by atoms with van der Waals surface area (Å²) in [6, 6.07) is 13.2. The number of methoxy groups -OCH3 is 1. The number of H-pyrrole nitrogens is 1. The first kappa shape index (κ1) is 27.6. The van der Waals surface area contributed by atoms with Crippen LogP contribution < -0.4 is 20.1 Å². The van der Waals surface area contributed by atoms with Crippen LogP contribution >= 0.6 is 0 Å². The van der Waals surface area contributed by atoms with Gasteiger partial charge in [0.2, 0.25) is 15.9 Å². The minimum Gasteiger partial charge on any atom is -0.497 e. The fourth-order valence-electron chi connectivity index (χ4n) is 6.26. The molecule has 2 aromatic heterocycles. The SMILES string of the molecule is CCOc1cc(S(=O)(=O)N2CCN(C)CC2)cnc1Nc1n[nH]c2cc([C@@H]3C[C@@]34C(=O)Nc3ccc(OC)cc34)ccc12. The number of amides is 1. The zero-order valence-corrected chi connectivity index (χ0v) is 25.0. The summed E-state index contributed by atoms with van der Waals surface area (Å²) < 4.78 is 39.3. The molecule has 0 radical (unpaired) electrons. The molecular formula is C30H33N7O5S. The van der Waals surface area contributed by atoms with E-state index in [0.29, 0.717) is 50.2 Å². The molecule has 1 amide bonds. The highest BCUT2D eigenvalue weighted by Gasteiger charge is 2.65. The molecule has 2 aromatic carbocycles. The van der Waals surface area contributed by atoms with E-state index in [-0.39, 0.29) is 16.7 Å². The van der Waals surface area contributed by atoms with Crippen LogP contribution in [0.2, 0.25) is 0 Å². The van der Waals surface area contributed by atoms with E-state index in [1.54, 1.807) is 7.11 Å². The molecule has 224 valence electrons. The number of fused-ring (bicyclic) bond motifs is 3. The van der Waals surface area contributed by atoms with Crippen LogP contribution in [0.25, 0.3) is 10.9 Å². The van der Waals surface area contributed by atoms with Gasteiger partial charge < -0.3 is 25.0 Å². The average molecular weight is 604 g/mol. The first-order valence-electron chi connectivity index (χ1n) is 14.3. The summed E-state index contributed by atoms with van der Waals surface area (Å²) in [7, 11) is -0.102. The Morgan fingerprint density at radius 2 is 1.91 bits per heavy atom. The summed E-state index contributed by atoms with van der Waals surface area (Å²) in [5, 5.41) is 14.6. The third-order valence-corrected chi connectivity index (χ3v) is 10.6. The van der Waals surface area contributed by atoms with Crippen LogP contribution in [0.3, 0.4) is 0 Å². The van der Waals surface area contributed by atoms with Crippen molar-refractivity contribution in [1.29, 1.82) is 0 Å². The molecular weight excluding hydrogens is 570 g/mol. The number of hydrogen-bond donors (Lipinski definition) is 3. The summed E-state index contributed by atoms with van der Waals surface area (Å²) in [6.45, 7) is 4.38. The number of likely N-dealkylation sites (N-methyl/N-ethyl adjacent to an activating group) is 1. The van der Waals surface area contributed by atoms with Crippen LogP contribution in [-0.4, -0.2) is 85.7 Å². The van der Waals surface area contributed by atoms with Crippen LogP contribution in [0, 0.1) is 0 Å². The summed E-state index contributed by atoms with van der Waals surface area (Å²) in [6.07, 6.45) is 2.08. The molecule has 1 aliphatic carbocycles. The van der Waals surface area contributed by atoms with Gasteiger partial charge in [0.15, 0.2) is 17.4 Å². The molecule has 2 atom stereocenters. The second kappa shape index (κ2) is 10.2. The molecule has 3 aliphatic rings. The number of aromatic nitrogens is 3. The van der Waals surface area contributed by atoms with Crippen molar-refractivity contribution >= 4 is 44.2 Å². The number of pyridine rings is 1. The summed E-state index contributed by atoms with van der Waals surface area (Å²) in [4.78, 5) is 19.7. The Balaban J connectivity index is 1.14. The molecule has 7 rings (SSSR count). The zero-order chi connectivity index (χ0) is 29.9. The van der Waals surface area contributed by atoms with Crippen molar-refractivity contribution in [2.24, 2.45) is 0 Å². The molecule has 1 saturated carbocycles. The van der Waals surface area contributed by atoms with E-state index in [9.17, 15) is 13.2 Å². The highest BCUT2D eigenvalue weighted by atomic mass is 32.2. The minimum absolute atomic E-state index is 0.0143. The van der Waals surface area contributed by atoms with Gasteiger partial charge in [-0.25, -0.2) is 13.4 Å². The standard InChI is InChI=1S/C30H33N7O5S/c1-4-42-26-15-20(43(39,40)37-11-9-36(2)10-12-37)17-31-28(26)33-27-21-7-5-18(13-25(21)34-35-27)23-16-30(23)22-14-19(41-3)6-8-24(22)32-29(30)38/h5-8,13-15,17,23H,4,9-12,16H2,1-3H3,(H,32,38)(H2,31,33,34,35)/t23-,30-/m0/s1. The van der Waals surface area contributed by atoms with Crippen LogP contribution in [0.5, 0.6) is 11.5 Å². The predicted molar refractivity (Wildman–Crippen MR) is 162 cm³/mol. The third kappa shape index (κ3) is 4.50. The smallest absolute Gasteiger partial charge is 0.244 e. The van der Waals surface area contributed by atoms with Crippen molar-refractivity contribution in [3.63, 3.8) is 0 Å². The van der Waals surface area contributed by atoms with Gasteiger partial charge >= 0.3 is 0 Å². The molecule has 4 heterocycles. The van der Waals surface area contributed by atoms with E-state index in [1.165, 1.54) is 16.6 Å². The van der Waals surface area contributed by atoms with E-state index in [1.807, 2.05) is 50.4 Å². The number of anilines is 3. The highest BCUT2D eigenvalue weighted by molar-refractivity contribution is 7.89. The Kier molecular flexibility index (Phi) is 6.56. The zero-order valence-electron chi connectivity index (χ0n) is 24.2. The normalized spacial score (nSPS) is 22.0. The Morgan fingerprint density at radius 3 is 2.67 bits per heavy atom. The van der Waals surface area contributed by atoms with Gasteiger partial charge in [-0.1, -0.05) is 6.07 Å². The van der Waals surface area contributed by atoms with Crippen LogP contribution in [0.4, 0.5) is 17.3 Å². The van der Waals surface area contributed by atoms with E-state index in [2.05, 4.69) is 30.7 Å². The molecule has 2 aliphatic heterocycles. The summed E-state index contributed by atoms with van der Waals surface area (Å²) in [5.41, 5.74) is 3.06. The van der Waals surface area contributed by atoms with Crippen molar-refractivity contribution in [2.75, 3.05) is 57.6 Å². The topological polar surface area (TPSA) is 142 Å². The van der Waals surface area contributed by atoms with Gasteiger partial charge in [-0.3, -0.25) is 9.89 Å². The van der Waals surface area contributed by atoms with Crippen molar-refractivity contribution in [3.8, 4) is 11.5 Å². The average Bonchev–Trinajstić information content (AvgIpc) is 3.56. The molecule has 43 heavy (non-hydrogen) atoms. The number of carbonyl (C=O) groups excluding carboxylic acids is 1. The number of nitrogens with one attached hydrogen (secondary N) is 3. The second-order valence-electron chi connectivity index (χ2n) is 11.3. The molecule has 12 nitrogen and oxygen atoms in total. The number of piperazine rings is 1. The number of hydrogen-bond acceptors (Lipinski definition) is 9. The van der Waals surface area contributed by atoms with E-state index < -0.39 is 15.4 Å². The Morgan fingerprint density at radius 1 is 1.09 bits per heavy atom. The van der Waals surface area contributed by atoms with Crippen LogP contribution in [-0.2, 0) is 20.2 Å². The molecule has 1 saturated heterocycles. The molecule has 3 N–H and O–H groups in total. The lowest BCUT2D eigenvalue weighted by Gasteiger charge is -2.31. The lowest BCUT2D eigenvalue weighted by atomic mass is 9.91. The lowest BCUT2D eigenvalue weighted by Crippen LogP contribution is -2.47. The molecule has 13 heteroatoms. The number of ether oxygens (including phenoxy) is 2. The van der Waals surface area contributed by atoms with Crippen LogP contribution in [0.15, 0.2) is 53.6 Å². The van der Waals surface area contributed by atoms with Crippen molar-refractivity contribution < 1.29 is 22.7 Å². The number of sulfonamides is 1. The summed E-state index contributed by atoms with van der Waals surface area (Å²) >= 11 is 0. The second-order valence-corrected chi connectivity index (χ2v) is 13.2. The minimum atomic E-state index is -3.70. The van der Waals surface area contributed by atoms with E-state index in [4.69, 9.17) is 9.47 Å². The quantitative estimate of drug-likeness (QED) is 0.276. The maximum atomic E-state index is 13.3. The van der Waals surface area contributed by atoms with E-state index in [0.717, 1.165) is 39.9 Å². The molecule has 0 bridgehead atoms. The summed E-state index contributed by atoms with van der Waals surface area (Å²) in [5.74, 6) is 2.00. The number of aromatic amines is 1. The Labute approximate surface area is 249 Å². The van der Waals surface area contributed by atoms with Crippen LogP contribution in [0.1, 0.15) is 30.4 Å². The number of carbonyl (C=O) groups is 1.